The number of furan rings is 1. The third-order valence-electron chi connectivity index (χ3n) is 4.00. The van der Waals surface area contributed by atoms with E-state index in [4.69, 9.17) is 4.42 Å². The lowest BCUT2D eigenvalue weighted by Gasteiger charge is -2.17. The van der Waals surface area contributed by atoms with Gasteiger partial charge in [-0.1, -0.05) is 58.8 Å². The molecule has 0 fully saturated rings. The van der Waals surface area contributed by atoms with Gasteiger partial charge in [-0.15, -0.1) is 0 Å². The zero-order chi connectivity index (χ0) is 14.8. The summed E-state index contributed by atoms with van der Waals surface area (Å²) in [5, 5.41) is 3.60. The van der Waals surface area contributed by atoms with Crippen molar-refractivity contribution in [3.8, 4) is 0 Å². The Kier molecular flexibility index (Phi) is 8.68. The van der Waals surface area contributed by atoms with Crippen LogP contribution in [0.1, 0.15) is 88.3 Å². The number of unbranched alkanes of at least 4 members (excludes halogenated alkanes) is 6. The summed E-state index contributed by atoms with van der Waals surface area (Å²) in [6.07, 6.45) is 10.8. The van der Waals surface area contributed by atoms with Crippen LogP contribution in [0, 0.1) is 13.8 Å². The quantitative estimate of drug-likeness (QED) is 0.526. The fourth-order valence-electron chi connectivity index (χ4n) is 2.92. The molecule has 2 nitrogen and oxygen atoms in total. The zero-order valence-electron chi connectivity index (χ0n) is 13.9. The van der Waals surface area contributed by atoms with Gasteiger partial charge in [-0.2, -0.15) is 0 Å². The summed E-state index contributed by atoms with van der Waals surface area (Å²) in [7, 11) is 0. The smallest absolute Gasteiger partial charge is 0.105 e. The average molecular weight is 279 g/mol. The van der Waals surface area contributed by atoms with Gasteiger partial charge in [0.05, 0.1) is 0 Å². The molecule has 1 heterocycles. The summed E-state index contributed by atoms with van der Waals surface area (Å²) >= 11 is 0. The number of hydrogen-bond donors (Lipinski definition) is 1. The van der Waals surface area contributed by atoms with Crippen LogP contribution in [0.2, 0.25) is 0 Å². The van der Waals surface area contributed by atoms with Gasteiger partial charge in [0.15, 0.2) is 0 Å². The molecule has 1 aromatic rings. The number of aryl methyl sites for hydroxylation is 2. The molecule has 20 heavy (non-hydrogen) atoms. The highest BCUT2D eigenvalue weighted by Gasteiger charge is 2.15. The predicted octanol–water partition coefficient (Wildman–Crippen LogP) is 5.69. The highest BCUT2D eigenvalue weighted by Crippen LogP contribution is 2.26. The van der Waals surface area contributed by atoms with Crippen LogP contribution < -0.4 is 5.32 Å². The summed E-state index contributed by atoms with van der Waals surface area (Å²) in [6.45, 7) is 9.59. The fraction of sp³-hybridized carbons (Fsp3) is 0.778. The molecule has 1 atom stereocenters. The van der Waals surface area contributed by atoms with Crippen molar-refractivity contribution in [3.05, 3.63) is 23.2 Å². The van der Waals surface area contributed by atoms with E-state index >= 15 is 0 Å². The van der Waals surface area contributed by atoms with Gasteiger partial charge < -0.3 is 9.73 Å². The van der Waals surface area contributed by atoms with Gasteiger partial charge >= 0.3 is 0 Å². The Bertz CT molecular complexity index is 356. The maximum atomic E-state index is 5.67. The molecule has 0 aromatic carbocycles. The lowest BCUT2D eigenvalue weighted by molar-refractivity contribution is 0.456. The van der Waals surface area contributed by atoms with Crippen molar-refractivity contribution in [2.24, 2.45) is 0 Å². The Hall–Kier alpha value is -0.760. The molecule has 116 valence electrons. The van der Waals surface area contributed by atoms with Crippen molar-refractivity contribution < 1.29 is 4.42 Å². The van der Waals surface area contributed by atoms with E-state index in [1.54, 1.807) is 0 Å². The molecule has 0 saturated heterocycles. The Morgan fingerprint density at radius 2 is 1.65 bits per heavy atom. The van der Waals surface area contributed by atoms with Crippen LogP contribution in [0.5, 0.6) is 0 Å². The van der Waals surface area contributed by atoms with Crippen molar-refractivity contribution in [3.63, 3.8) is 0 Å². The Morgan fingerprint density at radius 1 is 1.00 bits per heavy atom. The molecule has 1 rings (SSSR count). The first-order valence-electron chi connectivity index (χ1n) is 8.49. The number of rotatable bonds is 11. The van der Waals surface area contributed by atoms with Crippen molar-refractivity contribution in [2.75, 3.05) is 6.54 Å². The van der Waals surface area contributed by atoms with Crippen molar-refractivity contribution >= 4 is 0 Å². The molecule has 1 N–H and O–H groups in total. The maximum absolute atomic E-state index is 5.67. The number of nitrogens with one attached hydrogen (secondary N) is 1. The fourth-order valence-corrected chi connectivity index (χ4v) is 2.92. The summed E-state index contributed by atoms with van der Waals surface area (Å²) in [4.78, 5) is 0. The second kappa shape index (κ2) is 10.0. The van der Waals surface area contributed by atoms with Gasteiger partial charge in [-0.25, -0.2) is 0 Å². The molecule has 0 aliphatic carbocycles. The van der Waals surface area contributed by atoms with Crippen LogP contribution in [-0.2, 0) is 0 Å². The average Bonchev–Trinajstić information content (AvgIpc) is 2.75. The monoisotopic (exact) mass is 279 g/mol. The predicted molar refractivity (Wildman–Crippen MR) is 87.2 cm³/mol. The van der Waals surface area contributed by atoms with E-state index in [1.165, 1.54) is 56.9 Å². The molecule has 0 amide bonds. The zero-order valence-corrected chi connectivity index (χ0v) is 13.9. The molecule has 0 aliphatic heterocycles. The van der Waals surface area contributed by atoms with Crippen molar-refractivity contribution in [2.45, 2.75) is 85.1 Å². The van der Waals surface area contributed by atoms with Gasteiger partial charge in [0, 0.05) is 11.6 Å². The molecule has 0 radical (unpaired) electrons. The van der Waals surface area contributed by atoms with Gasteiger partial charge in [-0.05, 0) is 32.9 Å². The first kappa shape index (κ1) is 17.3. The normalized spacial score (nSPS) is 12.8. The van der Waals surface area contributed by atoms with Crippen LogP contribution in [0.4, 0.5) is 0 Å². The van der Waals surface area contributed by atoms with E-state index in [-0.39, 0.29) is 0 Å². The molecule has 1 aromatic heterocycles. The highest BCUT2D eigenvalue weighted by molar-refractivity contribution is 5.24. The second-order valence-electron chi connectivity index (χ2n) is 5.89. The van der Waals surface area contributed by atoms with E-state index in [1.807, 2.05) is 6.92 Å². The largest absolute Gasteiger partial charge is 0.466 e. The molecular formula is C18H33NO. The van der Waals surface area contributed by atoms with E-state index in [9.17, 15) is 0 Å². The van der Waals surface area contributed by atoms with Crippen molar-refractivity contribution in [1.82, 2.24) is 5.32 Å². The molecule has 0 aliphatic rings. The Balaban J connectivity index is 2.31. The van der Waals surface area contributed by atoms with E-state index in [0.29, 0.717) is 6.04 Å². The summed E-state index contributed by atoms with van der Waals surface area (Å²) in [6, 6.07) is 2.66. The highest BCUT2D eigenvalue weighted by atomic mass is 16.3. The molecular weight excluding hydrogens is 246 g/mol. The Labute approximate surface area is 125 Å². The van der Waals surface area contributed by atoms with Crippen LogP contribution >= 0.6 is 0 Å². The molecule has 0 saturated carbocycles. The summed E-state index contributed by atoms with van der Waals surface area (Å²) < 4.78 is 5.67. The van der Waals surface area contributed by atoms with Gasteiger partial charge in [0.2, 0.25) is 0 Å². The lowest BCUT2D eigenvalue weighted by atomic mass is 9.99. The topological polar surface area (TPSA) is 25.2 Å². The van der Waals surface area contributed by atoms with E-state index in [0.717, 1.165) is 18.1 Å². The minimum absolute atomic E-state index is 0.466. The third-order valence-corrected chi connectivity index (χ3v) is 4.00. The van der Waals surface area contributed by atoms with Gasteiger partial charge in [0.1, 0.15) is 11.5 Å². The SMILES string of the molecule is CCCCCCCCCC(NCC)c1cc(C)oc1C. The molecule has 1 unspecified atom stereocenters. The summed E-state index contributed by atoms with van der Waals surface area (Å²) in [5.74, 6) is 2.11. The van der Waals surface area contributed by atoms with Crippen molar-refractivity contribution in [1.29, 1.82) is 0 Å². The first-order chi connectivity index (χ1) is 9.69. The van der Waals surface area contributed by atoms with E-state index in [2.05, 4.69) is 32.2 Å². The van der Waals surface area contributed by atoms with Crippen LogP contribution in [0.3, 0.4) is 0 Å². The lowest BCUT2D eigenvalue weighted by Crippen LogP contribution is -2.21. The standard InChI is InChI=1S/C18H33NO/c1-5-7-8-9-10-11-12-13-18(19-6-2)17-14-15(3)20-16(17)4/h14,18-19H,5-13H2,1-4H3. The Morgan fingerprint density at radius 3 is 2.20 bits per heavy atom. The second-order valence-corrected chi connectivity index (χ2v) is 5.89. The molecule has 0 spiro atoms. The third kappa shape index (κ3) is 6.13. The van der Waals surface area contributed by atoms with Gasteiger partial charge in [0.25, 0.3) is 0 Å². The minimum atomic E-state index is 0.466. The van der Waals surface area contributed by atoms with E-state index < -0.39 is 0 Å². The van der Waals surface area contributed by atoms with Crippen LogP contribution in [0.25, 0.3) is 0 Å². The number of hydrogen-bond acceptors (Lipinski definition) is 2. The molecule has 2 heteroatoms. The van der Waals surface area contributed by atoms with Crippen LogP contribution in [-0.4, -0.2) is 6.54 Å². The first-order valence-corrected chi connectivity index (χ1v) is 8.49. The maximum Gasteiger partial charge on any atom is 0.105 e. The summed E-state index contributed by atoms with van der Waals surface area (Å²) in [5.41, 5.74) is 1.36. The minimum Gasteiger partial charge on any atom is -0.466 e. The van der Waals surface area contributed by atoms with Crippen LogP contribution in [0.15, 0.2) is 10.5 Å². The van der Waals surface area contributed by atoms with Gasteiger partial charge in [-0.3, -0.25) is 0 Å². The molecule has 0 bridgehead atoms.